The number of halogens is 1. The summed E-state index contributed by atoms with van der Waals surface area (Å²) in [6, 6.07) is 0. The molecule has 0 aromatic heterocycles. The maximum atomic E-state index is 12.9. The van der Waals surface area contributed by atoms with Crippen molar-refractivity contribution in [3.8, 4) is 0 Å². The normalized spacial score (nSPS) is 27.4. The summed E-state index contributed by atoms with van der Waals surface area (Å²) in [4.78, 5) is 12.8. The minimum atomic E-state index is -1.23. The number of Topliss-reactive ketones (excluding diaryl/α,β-unsaturated/α-hetero) is 1. The van der Waals surface area contributed by atoms with E-state index in [0.29, 0.717) is 12.3 Å². The molecule has 0 saturated carbocycles. The van der Waals surface area contributed by atoms with Crippen LogP contribution < -0.4 is 0 Å². The zero-order valence-corrected chi connectivity index (χ0v) is 7.72. The molecule has 1 saturated heterocycles. The van der Waals surface area contributed by atoms with Gasteiger partial charge in [0, 0.05) is 6.54 Å². The van der Waals surface area contributed by atoms with Crippen LogP contribution in [0, 0.1) is 5.92 Å². The third kappa shape index (κ3) is 2.55. The van der Waals surface area contributed by atoms with Crippen molar-refractivity contribution >= 4 is 5.78 Å². The zero-order valence-electron chi connectivity index (χ0n) is 7.72. The second-order valence-electron chi connectivity index (χ2n) is 3.73. The Balaban J connectivity index is 2.27. The van der Waals surface area contributed by atoms with Crippen LogP contribution in [0.15, 0.2) is 0 Å². The van der Waals surface area contributed by atoms with Crippen molar-refractivity contribution in [1.82, 2.24) is 4.90 Å². The SMILES string of the molecule is CC(=O)C(F)CC1CCN(C)C1. The van der Waals surface area contributed by atoms with E-state index in [2.05, 4.69) is 4.90 Å². The van der Waals surface area contributed by atoms with Gasteiger partial charge in [0.25, 0.3) is 0 Å². The highest BCUT2D eigenvalue weighted by Gasteiger charge is 2.24. The standard InChI is InChI=1S/C9H16FNO/c1-7(12)9(10)5-8-3-4-11(2)6-8/h8-9H,3-6H2,1-2H3. The van der Waals surface area contributed by atoms with Gasteiger partial charge >= 0.3 is 0 Å². The summed E-state index contributed by atoms with van der Waals surface area (Å²) in [5.41, 5.74) is 0. The molecular formula is C9H16FNO. The second kappa shape index (κ2) is 3.99. The summed E-state index contributed by atoms with van der Waals surface area (Å²) in [5, 5.41) is 0. The summed E-state index contributed by atoms with van der Waals surface area (Å²) in [6.07, 6.45) is 0.214. The Hall–Kier alpha value is -0.440. The fraction of sp³-hybridized carbons (Fsp3) is 0.889. The first-order chi connectivity index (χ1) is 5.59. The molecule has 0 radical (unpaired) electrons. The van der Waals surface area contributed by atoms with E-state index in [-0.39, 0.29) is 5.78 Å². The van der Waals surface area contributed by atoms with E-state index >= 15 is 0 Å². The molecule has 1 aliphatic heterocycles. The Bertz CT molecular complexity index is 172. The number of nitrogens with zero attached hydrogens (tertiary/aromatic N) is 1. The Morgan fingerprint density at radius 2 is 2.42 bits per heavy atom. The number of carbonyl (C=O) groups excluding carboxylic acids is 1. The average Bonchev–Trinajstić information content (AvgIpc) is 2.35. The van der Waals surface area contributed by atoms with Crippen LogP contribution in [0.2, 0.25) is 0 Å². The van der Waals surface area contributed by atoms with Crippen molar-refractivity contribution in [3.63, 3.8) is 0 Å². The highest BCUT2D eigenvalue weighted by molar-refractivity contribution is 5.80. The Morgan fingerprint density at radius 1 is 1.75 bits per heavy atom. The zero-order chi connectivity index (χ0) is 9.14. The summed E-state index contributed by atoms with van der Waals surface area (Å²) < 4.78 is 12.9. The number of rotatable bonds is 3. The van der Waals surface area contributed by atoms with Crippen LogP contribution in [-0.2, 0) is 4.79 Å². The summed E-state index contributed by atoms with van der Waals surface area (Å²) in [6.45, 7) is 3.30. The van der Waals surface area contributed by atoms with Crippen molar-refractivity contribution in [2.24, 2.45) is 5.92 Å². The van der Waals surface area contributed by atoms with Crippen LogP contribution in [0.1, 0.15) is 19.8 Å². The predicted octanol–water partition coefficient (Wildman–Crippen LogP) is 1.26. The molecule has 0 amide bonds. The molecule has 2 atom stereocenters. The smallest absolute Gasteiger partial charge is 0.163 e. The lowest BCUT2D eigenvalue weighted by Crippen LogP contribution is -2.19. The van der Waals surface area contributed by atoms with E-state index in [1.54, 1.807) is 0 Å². The van der Waals surface area contributed by atoms with Crippen molar-refractivity contribution < 1.29 is 9.18 Å². The molecule has 3 heteroatoms. The molecule has 0 aromatic carbocycles. The first-order valence-corrected chi connectivity index (χ1v) is 4.42. The van der Waals surface area contributed by atoms with Gasteiger partial charge in [0.15, 0.2) is 12.0 Å². The van der Waals surface area contributed by atoms with Gasteiger partial charge in [-0.05, 0) is 39.3 Å². The molecule has 0 aromatic rings. The number of ketones is 1. The van der Waals surface area contributed by atoms with Gasteiger partial charge in [-0.25, -0.2) is 4.39 Å². The van der Waals surface area contributed by atoms with E-state index in [0.717, 1.165) is 19.5 Å². The number of hydrogen-bond acceptors (Lipinski definition) is 2. The predicted molar refractivity (Wildman–Crippen MR) is 45.8 cm³/mol. The van der Waals surface area contributed by atoms with Crippen molar-refractivity contribution in [3.05, 3.63) is 0 Å². The van der Waals surface area contributed by atoms with Crippen LogP contribution in [0.3, 0.4) is 0 Å². The van der Waals surface area contributed by atoms with Gasteiger partial charge in [-0.3, -0.25) is 4.79 Å². The lowest BCUT2D eigenvalue weighted by Gasteiger charge is -2.11. The Kier molecular flexibility index (Phi) is 3.20. The van der Waals surface area contributed by atoms with Crippen molar-refractivity contribution in [2.75, 3.05) is 20.1 Å². The highest BCUT2D eigenvalue weighted by Crippen LogP contribution is 2.21. The molecule has 12 heavy (non-hydrogen) atoms. The molecule has 0 bridgehead atoms. The number of likely N-dealkylation sites (tertiary alicyclic amines) is 1. The quantitative estimate of drug-likeness (QED) is 0.640. The maximum absolute atomic E-state index is 12.9. The van der Waals surface area contributed by atoms with Gasteiger partial charge in [0.05, 0.1) is 0 Å². The topological polar surface area (TPSA) is 20.3 Å². The number of carbonyl (C=O) groups is 1. The molecule has 1 fully saturated rings. The number of hydrogen-bond donors (Lipinski definition) is 0. The van der Waals surface area contributed by atoms with Gasteiger partial charge < -0.3 is 4.90 Å². The van der Waals surface area contributed by atoms with Crippen molar-refractivity contribution in [1.29, 1.82) is 0 Å². The molecule has 70 valence electrons. The van der Waals surface area contributed by atoms with E-state index in [4.69, 9.17) is 0 Å². The van der Waals surface area contributed by atoms with Crippen LogP contribution in [0.5, 0.6) is 0 Å². The molecule has 0 aliphatic carbocycles. The van der Waals surface area contributed by atoms with Gasteiger partial charge in [-0.1, -0.05) is 0 Å². The van der Waals surface area contributed by atoms with Crippen LogP contribution in [0.25, 0.3) is 0 Å². The lowest BCUT2D eigenvalue weighted by atomic mass is 10.00. The molecular weight excluding hydrogens is 157 g/mol. The number of alkyl halides is 1. The fourth-order valence-corrected chi connectivity index (χ4v) is 1.68. The largest absolute Gasteiger partial charge is 0.306 e. The van der Waals surface area contributed by atoms with E-state index in [1.165, 1.54) is 6.92 Å². The van der Waals surface area contributed by atoms with Gasteiger partial charge in [0.2, 0.25) is 0 Å². The van der Waals surface area contributed by atoms with Gasteiger partial charge in [-0.15, -0.1) is 0 Å². The monoisotopic (exact) mass is 173 g/mol. The summed E-state index contributed by atoms with van der Waals surface area (Å²) in [5.74, 6) is 0.0541. The molecule has 1 aliphatic rings. The fourth-order valence-electron chi connectivity index (χ4n) is 1.68. The lowest BCUT2D eigenvalue weighted by molar-refractivity contribution is -0.122. The maximum Gasteiger partial charge on any atom is 0.163 e. The van der Waals surface area contributed by atoms with Gasteiger partial charge in [0.1, 0.15) is 0 Å². The minimum absolute atomic E-state index is 0.329. The molecule has 2 nitrogen and oxygen atoms in total. The summed E-state index contributed by atoms with van der Waals surface area (Å²) in [7, 11) is 2.03. The average molecular weight is 173 g/mol. The third-order valence-corrected chi connectivity index (χ3v) is 2.47. The molecule has 0 spiro atoms. The van der Waals surface area contributed by atoms with E-state index < -0.39 is 6.17 Å². The van der Waals surface area contributed by atoms with Crippen LogP contribution in [-0.4, -0.2) is 37.0 Å². The van der Waals surface area contributed by atoms with Gasteiger partial charge in [-0.2, -0.15) is 0 Å². The second-order valence-corrected chi connectivity index (χ2v) is 3.73. The van der Waals surface area contributed by atoms with Crippen molar-refractivity contribution in [2.45, 2.75) is 25.9 Å². The Labute approximate surface area is 72.7 Å². The van der Waals surface area contributed by atoms with E-state index in [9.17, 15) is 9.18 Å². The molecule has 2 unspecified atom stereocenters. The highest BCUT2D eigenvalue weighted by atomic mass is 19.1. The van der Waals surface area contributed by atoms with Crippen LogP contribution in [0.4, 0.5) is 4.39 Å². The first-order valence-electron chi connectivity index (χ1n) is 4.42. The van der Waals surface area contributed by atoms with Crippen LogP contribution >= 0.6 is 0 Å². The Morgan fingerprint density at radius 3 is 2.83 bits per heavy atom. The molecule has 1 rings (SSSR count). The third-order valence-electron chi connectivity index (χ3n) is 2.47. The van der Waals surface area contributed by atoms with E-state index in [1.807, 2.05) is 7.05 Å². The minimum Gasteiger partial charge on any atom is -0.306 e. The molecule has 1 heterocycles. The molecule has 0 N–H and O–H groups in total. The summed E-state index contributed by atoms with van der Waals surface area (Å²) >= 11 is 0. The first kappa shape index (κ1) is 9.65.